The van der Waals surface area contributed by atoms with Crippen molar-refractivity contribution in [1.29, 1.82) is 0 Å². The van der Waals surface area contributed by atoms with Gasteiger partial charge in [-0.25, -0.2) is 0 Å². The molecule has 0 aliphatic carbocycles. The van der Waals surface area contributed by atoms with E-state index >= 15 is 0 Å². The van der Waals surface area contributed by atoms with Crippen LogP contribution in [0.2, 0.25) is 0 Å². The molecule has 0 saturated heterocycles. The second-order valence-corrected chi connectivity index (χ2v) is 4.73. The number of methoxy groups -OCH3 is 1. The van der Waals surface area contributed by atoms with Gasteiger partial charge in [-0.15, -0.1) is 0 Å². The van der Waals surface area contributed by atoms with Crippen LogP contribution in [0.5, 0.6) is 5.75 Å². The lowest BCUT2D eigenvalue weighted by molar-refractivity contribution is 0.414. The minimum absolute atomic E-state index is 0.335. The maximum absolute atomic E-state index is 5.20. The summed E-state index contributed by atoms with van der Waals surface area (Å²) in [4.78, 5) is 0. The maximum atomic E-state index is 5.20. The molecule has 3 rings (SSSR count). The van der Waals surface area contributed by atoms with Gasteiger partial charge in [-0.05, 0) is 36.2 Å². The predicted octanol–water partition coefficient (Wildman–Crippen LogP) is 3.66. The van der Waals surface area contributed by atoms with Gasteiger partial charge in [0.15, 0.2) is 0 Å². The average Bonchev–Trinajstić information content (AvgIpc) is 2.69. The zero-order valence-corrected chi connectivity index (χ0v) is 11.0. The molecule has 1 aliphatic heterocycles. The number of hydrogen-bond donors (Lipinski definition) is 2. The van der Waals surface area contributed by atoms with Crippen LogP contribution in [0, 0.1) is 0 Å². The number of ether oxygens (including phenoxy) is 1. The predicted molar refractivity (Wildman–Crippen MR) is 78.9 cm³/mol. The Morgan fingerprint density at radius 2 is 1.74 bits per heavy atom. The van der Waals surface area contributed by atoms with Crippen LogP contribution in [0.1, 0.15) is 18.0 Å². The molecule has 19 heavy (non-hydrogen) atoms. The summed E-state index contributed by atoms with van der Waals surface area (Å²) in [5, 5.41) is 7.07. The summed E-state index contributed by atoms with van der Waals surface area (Å²) in [5.74, 6) is 0.899. The first-order valence-corrected chi connectivity index (χ1v) is 6.60. The summed E-state index contributed by atoms with van der Waals surface area (Å²) in [5.41, 5.74) is 3.64. The Morgan fingerprint density at radius 1 is 1.00 bits per heavy atom. The molecule has 0 spiro atoms. The van der Waals surface area contributed by atoms with Crippen LogP contribution in [0.25, 0.3) is 0 Å². The van der Waals surface area contributed by atoms with Crippen molar-refractivity contribution in [3.05, 3.63) is 54.1 Å². The van der Waals surface area contributed by atoms with Crippen LogP contribution < -0.4 is 15.4 Å². The number of rotatable bonds is 2. The highest BCUT2D eigenvalue weighted by atomic mass is 16.5. The third kappa shape index (κ3) is 2.50. The van der Waals surface area contributed by atoms with Crippen LogP contribution in [0.3, 0.4) is 0 Å². The molecule has 0 saturated carbocycles. The second kappa shape index (κ2) is 5.22. The second-order valence-electron chi connectivity index (χ2n) is 4.73. The largest absolute Gasteiger partial charge is 0.497 e. The molecule has 0 fully saturated rings. The van der Waals surface area contributed by atoms with Crippen molar-refractivity contribution in [2.75, 3.05) is 24.3 Å². The molecule has 2 aromatic carbocycles. The molecular formula is C16H18N2O. The molecule has 0 aromatic heterocycles. The Labute approximate surface area is 113 Å². The molecular weight excluding hydrogens is 236 g/mol. The van der Waals surface area contributed by atoms with Crippen molar-refractivity contribution in [2.45, 2.75) is 12.5 Å². The summed E-state index contributed by atoms with van der Waals surface area (Å²) in [6.45, 7) is 0.973. The van der Waals surface area contributed by atoms with E-state index in [1.807, 2.05) is 12.1 Å². The van der Waals surface area contributed by atoms with Gasteiger partial charge in [0.1, 0.15) is 5.75 Å². The molecule has 0 unspecified atom stereocenters. The highest BCUT2D eigenvalue weighted by molar-refractivity contribution is 5.70. The molecule has 98 valence electrons. The fourth-order valence-electron chi connectivity index (χ4n) is 2.46. The molecule has 0 bridgehead atoms. The third-order valence-corrected chi connectivity index (χ3v) is 3.52. The van der Waals surface area contributed by atoms with Crippen LogP contribution in [0.15, 0.2) is 48.5 Å². The minimum atomic E-state index is 0.335. The topological polar surface area (TPSA) is 33.3 Å². The van der Waals surface area contributed by atoms with Gasteiger partial charge in [0.05, 0.1) is 24.5 Å². The molecule has 1 atom stereocenters. The average molecular weight is 254 g/mol. The fourth-order valence-corrected chi connectivity index (χ4v) is 2.46. The minimum Gasteiger partial charge on any atom is -0.497 e. The molecule has 2 aromatic rings. The van der Waals surface area contributed by atoms with Crippen molar-refractivity contribution in [3.8, 4) is 5.75 Å². The Balaban J connectivity index is 1.85. The molecule has 3 nitrogen and oxygen atoms in total. The van der Waals surface area contributed by atoms with Gasteiger partial charge in [-0.2, -0.15) is 0 Å². The summed E-state index contributed by atoms with van der Waals surface area (Å²) < 4.78 is 5.20. The van der Waals surface area contributed by atoms with Crippen molar-refractivity contribution in [1.82, 2.24) is 0 Å². The zero-order chi connectivity index (χ0) is 13.1. The number of hydrogen-bond acceptors (Lipinski definition) is 3. The van der Waals surface area contributed by atoms with E-state index in [2.05, 4.69) is 47.0 Å². The van der Waals surface area contributed by atoms with Gasteiger partial charge in [0.25, 0.3) is 0 Å². The number of anilines is 2. The van der Waals surface area contributed by atoms with Gasteiger partial charge < -0.3 is 15.4 Å². The lowest BCUT2D eigenvalue weighted by Gasteiger charge is -2.18. The van der Waals surface area contributed by atoms with Crippen molar-refractivity contribution in [2.24, 2.45) is 0 Å². The van der Waals surface area contributed by atoms with Crippen molar-refractivity contribution < 1.29 is 4.74 Å². The number of para-hydroxylation sites is 2. The van der Waals surface area contributed by atoms with Crippen molar-refractivity contribution in [3.63, 3.8) is 0 Å². The molecule has 0 amide bonds. The lowest BCUT2D eigenvalue weighted by atomic mass is 10.0. The van der Waals surface area contributed by atoms with E-state index in [4.69, 9.17) is 4.74 Å². The first kappa shape index (κ1) is 11.9. The highest BCUT2D eigenvalue weighted by Gasteiger charge is 2.16. The third-order valence-electron chi connectivity index (χ3n) is 3.52. The molecule has 1 aliphatic rings. The summed E-state index contributed by atoms with van der Waals surface area (Å²) in [7, 11) is 1.69. The Bertz CT molecular complexity index is 551. The van der Waals surface area contributed by atoms with E-state index in [-0.39, 0.29) is 0 Å². The maximum Gasteiger partial charge on any atom is 0.118 e. The van der Waals surface area contributed by atoms with Gasteiger partial charge in [0, 0.05) is 6.54 Å². The van der Waals surface area contributed by atoms with E-state index in [1.54, 1.807) is 7.11 Å². The molecule has 1 heterocycles. The number of nitrogens with one attached hydrogen (secondary N) is 2. The quantitative estimate of drug-likeness (QED) is 0.858. The Hall–Kier alpha value is -2.16. The van der Waals surface area contributed by atoms with Gasteiger partial charge in [-0.1, -0.05) is 24.3 Å². The van der Waals surface area contributed by atoms with Crippen LogP contribution in [-0.4, -0.2) is 13.7 Å². The summed E-state index contributed by atoms with van der Waals surface area (Å²) in [6, 6.07) is 17.0. The molecule has 0 radical (unpaired) electrons. The van der Waals surface area contributed by atoms with Gasteiger partial charge in [-0.3, -0.25) is 0 Å². The molecule has 2 N–H and O–H groups in total. The Kier molecular flexibility index (Phi) is 3.27. The van der Waals surface area contributed by atoms with Gasteiger partial charge >= 0.3 is 0 Å². The highest BCUT2D eigenvalue weighted by Crippen LogP contribution is 2.31. The van der Waals surface area contributed by atoms with E-state index in [1.165, 1.54) is 16.9 Å². The monoisotopic (exact) mass is 254 g/mol. The van der Waals surface area contributed by atoms with Crippen molar-refractivity contribution >= 4 is 11.4 Å². The van der Waals surface area contributed by atoms with E-state index in [9.17, 15) is 0 Å². The SMILES string of the molecule is COc1ccc([C@@H]2CCNc3ccccc3N2)cc1. The van der Waals surface area contributed by atoms with E-state index < -0.39 is 0 Å². The van der Waals surface area contributed by atoms with Crippen LogP contribution in [-0.2, 0) is 0 Å². The van der Waals surface area contributed by atoms with Crippen LogP contribution in [0.4, 0.5) is 11.4 Å². The number of benzene rings is 2. The fraction of sp³-hybridized carbons (Fsp3) is 0.250. The lowest BCUT2D eigenvalue weighted by Crippen LogP contribution is -2.10. The van der Waals surface area contributed by atoms with E-state index in [0.29, 0.717) is 6.04 Å². The van der Waals surface area contributed by atoms with Gasteiger partial charge in [0.2, 0.25) is 0 Å². The first-order valence-electron chi connectivity index (χ1n) is 6.60. The summed E-state index contributed by atoms with van der Waals surface area (Å²) >= 11 is 0. The smallest absolute Gasteiger partial charge is 0.118 e. The van der Waals surface area contributed by atoms with Crippen LogP contribution >= 0.6 is 0 Å². The Morgan fingerprint density at radius 3 is 2.47 bits per heavy atom. The number of fused-ring (bicyclic) bond motifs is 1. The zero-order valence-electron chi connectivity index (χ0n) is 11.0. The standard InChI is InChI=1S/C16H18N2O/c1-19-13-8-6-12(7-9-13)14-10-11-17-15-4-2-3-5-16(15)18-14/h2-9,14,17-18H,10-11H2,1H3/t14-/m0/s1. The first-order chi connectivity index (χ1) is 9.36. The summed E-state index contributed by atoms with van der Waals surface area (Å²) in [6.07, 6.45) is 1.06. The van der Waals surface area contributed by atoms with E-state index in [0.717, 1.165) is 18.7 Å². The normalized spacial score (nSPS) is 17.6. The molecule has 3 heteroatoms.